The molecule has 0 amide bonds. The van der Waals surface area contributed by atoms with Gasteiger partial charge < -0.3 is 10.5 Å². The number of hydrogen-bond donors (Lipinski definition) is 1. The number of ether oxygens (including phenoxy) is 1. The Morgan fingerprint density at radius 3 is 2.89 bits per heavy atom. The van der Waals surface area contributed by atoms with Gasteiger partial charge in [0.25, 0.3) is 0 Å². The van der Waals surface area contributed by atoms with E-state index in [9.17, 15) is 4.79 Å². The van der Waals surface area contributed by atoms with E-state index in [0.29, 0.717) is 6.42 Å². The van der Waals surface area contributed by atoms with Gasteiger partial charge in [0.1, 0.15) is 6.04 Å². The maximum Gasteiger partial charge on any atom is 0.322 e. The first kappa shape index (κ1) is 15.9. The summed E-state index contributed by atoms with van der Waals surface area (Å²) in [4.78, 5) is 15.7. The van der Waals surface area contributed by atoms with Crippen molar-refractivity contribution < 1.29 is 9.53 Å². The lowest BCUT2D eigenvalue weighted by atomic mass is 10.0. The Morgan fingerprint density at radius 2 is 2.21 bits per heavy atom. The number of hydrogen-bond acceptors (Lipinski definition) is 4. The van der Waals surface area contributed by atoms with Gasteiger partial charge in [0.05, 0.1) is 12.6 Å². The summed E-state index contributed by atoms with van der Waals surface area (Å²) < 4.78 is 5.60. The third kappa shape index (κ3) is 3.43. The van der Waals surface area contributed by atoms with Crippen LogP contribution in [0, 0.1) is 0 Å². The summed E-state index contributed by atoms with van der Waals surface area (Å²) in [6.07, 6.45) is 2.13. The average molecular weight is 346 g/mol. The first-order valence-electron chi connectivity index (χ1n) is 5.49. The Kier molecular flexibility index (Phi) is 5.72. The molecule has 19 heavy (non-hydrogen) atoms. The van der Waals surface area contributed by atoms with Gasteiger partial charge in [-0.3, -0.25) is 9.78 Å². The molecular formula is C13H14BrClN2O2. The number of esters is 1. The summed E-state index contributed by atoms with van der Waals surface area (Å²) in [6, 6.07) is 7.03. The molecule has 0 fully saturated rings. The second kappa shape index (κ2) is 6.84. The van der Waals surface area contributed by atoms with Crippen LogP contribution in [-0.2, 0) is 16.0 Å². The topological polar surface area (TPSA) is 65.2 Å². The Bertz CT molecular complexity index is 592. The van der Waals surface area contributed by atoms with Crippen molar-refractivity contribution in [3.8, 4) is 0 Å². The minimum absolute atomic E-state index is 0. The molecule has 0 radical (unpaired) electrons. The number of halogens is 2. The van der Waals surface area contributed by atoms with Crippen molar-refractivity contribution in [3.05, 3.63) is 40.5 Å². The molecule has 0 unspecified atom stereocenters. The van der Waals surface area contributed by atoms with Gasteiger partial charge in [-0.05, 0) is 17.7 Å². The molecule has 1 aromatic heterocycles. The summed E-state index contributed by atoms with van der Waals surface area (Å²) in [7, 11) is 1.33. The monoisotopic (exact) mass is 344 g/mol. The normalized spacial score (nSPS) is 11.7. The minimum atomic E-state index is -0.665. The first-order valence-corrected chi connectivity index (χ1v) is 6.28. The van der Waals surface area contributed by atoms with Crippen molar-refractivity contribution in [3.63, 3.8) is 0 Å². The highest BCUT2D eigenvalue weighted by Crippen LogP contribution is 2.25. The highest BCUT2D eigenvalue weighted by Gasteiger charge is 2.16. The van der Waals surface area contributed by atoms with E-state index in [-0.39, 0.29) is 12.4 Å². The fourth-order valence-corrected chi connectivity index (χ4v) is 2.28. The van der Waals surface area contributed by atoms with Gasteiger partial charge in [0, 0.05) is 22.5 Å². The van der Waals surface area contributed by atoms with Gasteiger partial charge >= 0.3 is 5.97 Å². The largest absolute Gasteiger partial charge is 0.468 e. The van der Waals surface area contributed by atoms with Crippen molar-refractivity contribution in [1.82, 2.24) is 4.98 Å². The quantitative estimate of drug-likeness (QED) is 0.868. The van der Waals surface area contributed by atoms with E-state index in [1.54, 1.807) is 6.20 Å². The predicted octanol–water partition coefficient (Wildman–Crippen LogP) is 2.46. The molecule has 4 nitrogen and oxygen atoms in total. The van der Waals surface area contributed by atoms with Crippen LogP contribution in [0.3, 0.4) is 0 Å². The van der Waals surface area contributed by atoms with Crippen molar-refractivity contribution in [2.75, 3.05) is 7.11 Å². The second-order valence-electron chi connectivity index (χ2n) is 3.94. The molecule has 102 valence electrons. The fourth-order valence-electron chi connectivity index (χ4n) is 1.83. The molecule has 2 rings (SSSR count). The maximum atomic E-state index is 11.3. The molecule has 0 aliphatic carbocycles. The summed E-state index contributed by atoms with van der Waals surface area (Å²) >= 11 is 3.48. The Morgan fingerprint density at radius 1 is 1.47 bits per heavy atom. The highest BCUT2D eigenvalue weighted by molar-refractivity contribution is 9.10. The standard InChI is InChI=1S/C13H13BrN2O2.ClH/c1-18-13(17)11(15)7-8-4-5-10(14)9-3-2-6-16-12(8)9;/h2-6,11H,7,15H2,1H3;1H/t11-;/m0./s1. The summed E-state index contributed by atoms with van der Waals surface area (Å²) in [5.41, 5.74) is 7.56. The molecule has 1 aromatic carbocycles. The van der Waals surface area contributed by atoms with Crippen molar-refractivity contribution >= 4 is 45.2 Å². The van der Waals surface area contributed by atoms with Crippen LogP contribution in [0.1, 0.15) is 5.56 Å². The lowest BCUT2D eigenvalue weighted by Crippen LogP contribution is -2.33. The van der Waals surface area contributed by atoms with Crippen LogP contribution in [0.5, 0.6) is 0 Å². The lowest BCUT2D eigenvalue weighted by molar-refractivity contribution is -0.142. The van der Waals surface area contributed by atoms with Crippen LogP contribution in [0.4, 0.5) is 0 Å². The van der Waals surface area contributed by atoms with Crippen LogP contribution in [-0.4, -0.2) is 24.1 Å². The molecule has 0 bridgehead atoms. The summed E-state index contributed by atoms with van der Waals surface area (Å²) in [6.45, 7) is 0. The first-order chi connectivity index (χ1) is 8.63. The molecule has 1 heterocycles. The summed E-state index contributed by atoms with van der Waals surface area (Å²) in [5, 5.41) is 1.01. The van der Waals surface area contributed by atoms with Crippen LogP contribution < -0.4 is 5.73 Å². The zero-order valence-electron chi connectivity index (χ0n) is 10.3. The molecule has 0 saturated carbocycles. The molecule has 6 heteroatoms. The number of pyridine rings is 1. The van der Waals surface area contributed by atoms with Crippen LogP contribution >= 0.6 is 28.3 Å². The number of rotatable bonds is 3. The number of carbonyl (C=O) groups excluding carboxylic acids is 1. The van der Waals surface area contributed by atoms with Gasteiger partial charge in [-0.1, -0.05) is 28.1 Å². The van der Waals surface area contributed by atoms with Gasteiger partial charge in [0.2, 0.25) is 0 Å². The number of carbonyl (C=O) groups is 1. The van der Waals surface area contributed by atoms with E-state index in [2.05, 4.69) is 25.7 Å². The predicted molar refractivity (Wildman–Crippen MR) is 80.4 cm³/mol. The van der Waals surface area contributed by atoms with E-state index in [1.807, 2.05) is 24.3 Å². The maximum absolute atomic E-state index is 11.3. The van der Waals surface area contributed by atoms with E-state index in [1.165, 1.54) is 7.11 Å². The fraction of sp³-hybridized carbons (Fsp3) is 0.231. The minimum Gasteiger partial charge on any atom is -0.468 e. The highest BCUT2D eigenvalue weighted by atomic mass is 79.9. The Labute approximate surface area is 125 Å². The molecule has 0 saturated heterocycles. The molecular weight excluding hydrogens is 332 g/mol. The van der Waals surface area contributed by atoms with Crippen molar-refractivity contribution in [2.45, 2.75) is 12.5 Å². The van der Waals surface area contributed by atoms with Gasteiger partial charge in [0.15, 0.2) is 0 Å². The van der Waals surface area contributed by atoms with Crippen LogP contribution in [0.15, 0.2) is 34.9 Å². The molecule has 0 aliphatic heterocycles. The van der Waals surface area contributed by atoms with Gasteiger partial charge in [-0.15, -0.1) is 12.4 Å². The lowest BCUT2D eigenvalue weighted by Gasteiger charge is -2.11. The smallest absolute Gasteiger partial charge is 0.322 e. The molecule has 2 aromatic rings. The zero-order chi connectivity index (χ0) is 13.1. The number of nitrogens with zero attached hydrogens (tertiary/aromatic N) is 1. The Hall–Kier alpha value is -1.17. The van der Waals surface area contributed by atoms with E-state index < -0.39 is 12.0 Å². The second-order valence-corrected chi connectivity index (χ2v) is 4.79. The Balaban J connectivity index is 0.00000180. The zero-order valence-corrected chi connectivity index (χ0v) is 12.7. The van der Waals surface area contributed by atoms with Crippen molar-refractivity contribution in [1.29, 1.82) is 0 Å². The van der Waals surface area contributed by atoms with E-state index in [4.69, 9.17) is 5.73 Å². The van der Waals surface area contributed by atoms with E-state index in [0.717, 1.165) is 20.9 Å². The SMILES string of the molecule is COC(=O)[C@@H](N)Cc1ccc(Br)c2cccnc12.Cl. The molecule has 1 atom stereocenters. The number of fused-ring (bicyclic) bond motifs is 1. The third-order valence-electron chi connectivity index (χ3n) is 2.74. The van der Waals surface area contributed by atoms with Gasteiger partial charge in [-0.25, -0.2) is 0 Å². The van der Waals surface area contributed by atoms with E-state index >= 15 is 0 Å². The third-order valence-corrected chi connectivity index (χ3v) is 3.44. The number of nitrogens with two attached hydrogens (primary N) is 1. The van der Waals surface area contributed by atoms with Gasteiger partial charge in [-0.2, -0.15) is 0 Å². The number of methoxy groups -OCH3 is 1. The molecule has 0 aliphatic rings. The number of aromatic nitrogens is 1. The molecule has 0 spiro atoms. The van der Waals surface area contributed by atoms with Crippen LogP contribution in [0.2, 0.25) is 0 Å². The molecule has 2 N–H and O–H groups in total. The average Bonchev–Trinajstić information content (AvgIpc) is 2.41. The van der Waals surface area contributed by atoms with Crippen LogP contribution in [0.25, 0.3) is 10.9 Å². The number of benzene rings is 1. The van der Waals surface area contributed by atoms with Crippen molar-refractivity contribution in [2.24, 2.45) is 5.73 Å². The summed E-state index contributed by atoms with van der Waals surface area (Å²) in [5.74, 6) is -0.415.